The number of hydrogen-bond donors (Lipinski definition) is 4. The van der Waals surface area contributed by atoms with E-state index in [2.05, 4.69) is 32.8 Å². The van der Waals surface area contributed by atoms with Gasteiger partial charge in [-0.2, -0.15) is 4.98 Å². The zero-order valence-corrected chi connectivity index (χ0v) is 18.2. The van der Waals surface area contributed by atoms with Crippen LogP contribution in [0.1, 0.15) is 88.4 Å². The molecule has 0 saturated heterocycles. The van der Waals surface area contributed by atoms with Crippen molar-refractivity contribution in [2.24, 2.45) is 11.7 Å². The number of hydrogen-bond acceptors (Lipinski definition) is 6. The van der Waals surface area contributed by atoms with Crippen LogP contribution in [0.25, 0.3) is 0 Å². The van der Waals surface area contributed by atoms with Crippen molar-refractivity contribution in [2.45, 2.75) is 96.2 Å². The Kier molecular flexibility index (Phi) is 7.87. The van der Waals surface area contributed by atoms with E-state index in [-0.39, 0.29) is 24.0 Å². The molecule has 8 nitrogen and oxygen atoms in total. The van der Waals surface area contributed by atoms with Gasteiger partial charge in [0, 0.05) is 30.7 Å². The molecule has 1 aromatic heterocycles. The number of carbonyl (C=O) groups excluding carboxylic acids is 2. The van der Waals surface area contributed by atoms with Crippen molar-refractivity contribution in [3.05, 3.63) is 11.8 Å². The highest BCUT2D eigenvalue weighted by molar-refractivity contribution is 5.97. The Balaban J connectivity index is 1.62. The normalized spacial score (nSPS) is 23.4. The van der Waals surface area contributed by atoms with Crippen LogP contribution in [-0.4, -0.2) is 39.9 Å². The molecule has 2 amide bonds. The summed E-state index contributed by atoms with van der Waals surface area (Å²) in [6.07, 6.45) is 12.0. The monoisotopic (exact) mass is 416 g/mol. The van der Waals surface area contributed by atoms with E-state index in [1.165, 1.54) is 38.3 Å². The molecule has 0 spiro atoms. The predicted octanol–water partition coefficient (Wildman–Crippen LogP) is 3.21. The van der Waals surface area contributed by atoms with Crippen molar-refractivity contribution < 1.29 is 9.59 Å². The molecule has 2 aliphatic rings. The Labute approximate surface area is 179 Å². The van der Waals surface area contributed by atoms with Gasteiger partial charge < -0.3 is 21.7 Å². The third-order valence-electron chi connectivity index (χ3n) is 6.52. The van der Waals surface area contributed by atoms with E-state index >= 15 is 0 Å². The summed E-state index contributed by atoms with van der Waals surface area (Å²) in [5.74, 6) is 1.22. The number of rotatable bonds is 8. The van der Waals surface area contributed by atoms with Crippen molar-refractivity contribution in [1.29, 1.82) is 0 Å². The maximum Gasteiger partial charge on any atom is 0.254 e. The molecule has 166 valence electrons. The maximum atomic E-state index is 11.9. The summed E-state index contributed by atoms with van der Waals surface area (Å²) in [4.78, 5) is 32.4. The van der Waals surface area contributed by atoms with E-state index in [0.29, 0.717) is 29.7 Å². The topological polar surface area (TPSA) is 122 Å². The molecule has 1 heterocycles. The van der Waals surface area contributed by atoms with Gasteiger partial charge in [-0.05, 0) is 51.4 Å². The highest BCUT2D eigenvalue weighted by Crippen LogP contribution is 2.28. The van der Waals surface area contributed by atoms with Crippen LogP contribution in [0.5, 0.6) is 0 Å². The fourth-order valence-corrected chi connectivity index (χ4v) is 4.60. The average molecular weight is 417 g/mol. The molecular formula is C22H36N6O2. The quantitative estimate of drug-likeness (QED) is 0.516. The summed E-state index contributed by atoms with van der Waals surface area (Å²) in [6.45, 7) is 4.05. The van der Waals surface area contributed by atoms with Crippen molar-refractivity contribution in [2.75, 3.05) is 10.6 Å². The molecule has 0 radical (unpaired) electrons. The molecule has 30 heavy (non-hydrogen) atoms. The lowest BCUT2D eigenvalue weighted by Gasteiger charge is -2.30. The van der Waals surface area contributed by atoms with E-state index in [1.54, 1.807) is 0 Å². The summed E-state index contributed by atoms with van der Waals surface area (Å²) < 4.78 is 0. The minimum absolute atomic E-state index is 0.0982. The zero-order chi connectivity index (χ0) is 21.5. The molecule has 2 saturated carbocycles. The Morgan fingerprint density at radius 1 is 1.10 bits per heavy atom. The van der Waals surface area contributed by atoms with Crippen LogP contribution in [0, 0.1) is 5.92 Å². The number of nitrogens with two attached hydrogens (primary N) is 1. The van der Waals surface area contributed by atoms with Crippen LogP contribution in [-0.2, 0) is 4.79 Å². The first kappa shape index (κ1) is 22.3. The predicted molar refractivity (Wildman–Crippen MR) is 118 cm³/mol. The Morgan fingerprint density at radius 3 is 2.40 bits per heavy atom. The Bertz CT molecular complexity index is 726. The van der Waals surface area contributed by atoms with E-state index in [1.807, 2.05) is 6.92 Å². The maximum absolute atomic E-state index is 11.9. The summed E-state index contributed by atoms with van der Waals surface area (Å²) in [6, 6.07) is 0.705. The number of anilines is 2. The largest absolute Gasteiger partial charge is 0.367 e. The molecule has 0 aromatic carbocycles. The second kappa shape index (κ2) is 10.6. The second-order valence-corrected chi connectivity index (χ2v) is 8.77. The number of amides is 2. The smallest absolute Gasteiger partial charge is 0.254 e. The van der Waals surface area contributed by atoms with Crippen molar-refractivity contribution in [3.8, 4) is 0 Å². The minimum atomic E-state index is -0.534. The first-order chi connectivity index (χ1) is 14.5. The molecule has 0 aliphatic heterocycles. The summed E-state index contributed by atoms with van der Waals surface area (Å²) >= 11 is 0. The van der Waals surface area contributed by atoms with E-state index in [0.717, 1.165) is 25.7 Å². The van der Waals surface area contributed by atoms with Crippen LogP contribution >= 0.6 is 0 Å². The molecule has 5 N–H and O–H groups in total. The molecule has 0 bridgehead atoms. The van der Waals surface area contributed by atoms with Gasteiger partial charge in [-0.15, -0.1) is 0 Å². The third-order valence-corrected chi connectivity index (χ3v) is 6.52. The van der Waals surface area contributed by atoms with Gasteiger partial charge in [-0.25, -0.2) is 4.98 Å². The lowest BCUT2D eigenvalue weighted by Crippen LogP contribution is -2.40. The van der Waals surface area contributed by atoms with Crippen molar-refractivity contribution >= 4 is 23.6 Å². The standard InChI is InChI=1S/C22H36N6O2/c1-3-19(29)26-16-9-11-17(12-10-16)27-21-18(20(23)30)13-24-22(28-21)25-14(2)15-7-5-4-6-8-15/h13-17H,3-12H2,1-2H3,(H2,23,30)(H,26,29)(H2,24,25,27,28)/t14-,16?,17?/m0/s1. The lowest BCUT2D eigenvalue weighted by atomic mass is 9.85. The van der Waals surface area contributed by atoms with Gasteiger partial charge in [0.05, 0.1) is 5.56 Å². The second-order valence-electron chi connectivity index (χ2n) is 8.77. The number of nitrogens with one attached hydrogen (secondary N) is 3. The van der Waals surface area contributed by atoms with Crippen molar-refractivity contribution in [3.63, 3.8) is 0 Å². The zero-order valence-electron chi connectivity index (χ0n) is 18.2. The first-order valence-electron chi connectivity index (χ1n) is 11.5. The first-order valence-corrected chi connectivity index (χ1v) is 11.5. The number of aromatic nitrogens is 2. The van der Waals surface area contributed by atoms with Crippen LogP contribution in [0.15, 0.2) is 6.20 Å². The number of nitrogens with zero attached hydrogens (tertiary/aromatic N) is 2. The van der Waals surface area contributed by atoms with E-state index in [9.17, 15) is 9.59 Å². The fourth-order valence-electron chi connectivity index (χ4n) is 4.60. The molecule has 1 aromatic rings. The number of carbonyl (C=O) groups is 2. The summed E-state index contributed by atoms with van der Waals surface area (Å²) in [7, 11) is 0. The highest BCUT2D eigenvalue weighted by Gasteiger charge is 2.25. The van der Waals surface area contributed by atoms with Crippen LogP contribution in [0.3, 0.4) is 0 Å². The van der Waals surface area contributed by atoms with Gasteiger partial charge in [0.2, 0.25) is 11.9 Å². The molecule has 1 atom stereocenters. The molecule has 8 heteroatoms. The Morgan fingerprint density at radius 2 is 1.77 bits per heavy atom. The average Bonchev–Trinajstić information content (AvgIpc) is 2.75. The molecular weight excluding hydrogens is 380 g/mol. The fraction of sp³-hybridized carbons (Fsp3) is 0.727. The molecule has 0 unspecified atom stereocenters. The van der Waals surface area contributed by atoms with Crippen LogP contribution in [0.2, 0.25) is 0 Å². The molecule has 2 aliphatic carbocycles. The van der Waals surface area contributed by atoms with Gasteiger partial charge >= 0.3 is 0 Å². The van der Waals surface area contributed by atoms with Gasteiger partial charge in [0.1, 0.15) is 5.82 Å². The van der Waals surface area contributed by atoms with Crippen LogP contribution in [0.4, 0.5) is 11.8 Å². The SMILES string of the molecule is CCC(=O)NC1CCC(Nc2nc(N[C@@H](C)C3CCCCC3)ncc2C(N)=O)CC1. The van der Waals surface area contributed by atoms with Crippen molar-refractivity contribution in [1.82, 2.24) is 15.3 Å². The van der Waals surface area contributed by atoms with Gasteiger partial charge in [-0.1, -0.05) is 26.2 Å². The highest BCUT2D eigenvalue weighted by atomic mass is 16.2. The summed E-state index contributed by atoms with van der Waals surface area (Å²) in [5.41, 5.74) is 5.87. The van der Waals surface area contributed by atoms with Gasteiger partial charge in [0.15, 0.2) is 0 Å². The third kappa shape index (κ3) is 6.06. The lowest BCUT2D eigenvalue weighted by molar-refractivity contribution is -0.121. The van der Waals surface area contributed by atoms with E-state index < -0.39 is 5.91 Å². The number of primary amides is 1. The summed E-state index contributed by atoms with van der Waals surface area (Å²) in [5, 5.41) is 9.90. The Hall–Kier alpha value is -2.38. The molecule has 3 rings (SSSR count). The minimum Gasteiger partial charge on any atom is -0.367 e. The van der Waals surface area contributed by atoms with Gasteiger partial charge in [0.25, 0.3) is 5.91 Å². The van der Waals surface area contributed by atoms with Crippen LogP contribution < -0.4 is 21.7 Å². The molecule has 2 fully saturated rings. The van der Waals surface area contributed by atoms with Gasteiger partial charge in [-0.3, -0.25) is 9.59 Å². The van der Waals surface area contributed by atoms with E-state index in [4.69, 9.17) is 5.73 Å².